The molecule has 2 aliphatic rings. The average Bonchev–Trinajstić information content (AvgIpc) is 3.21. The summed E-state index contributed by atoms with van der Waals surface area (Å²) in [7, 11) is 0. The van der Waals surface area contributed by atoms with E-state index in [0.717, 1.165) is 5.56 Å². The first-order chi connectivity index (χ1) is 9.54. The number of amides is 1. The summed E-state index contributed by atoms with van der Waals surface area (Å²) >= 11 is 6.06. The lowest BCUT2D eigenvalue weighted by atomic mass is 9.98. The van der Waals surface area contributed by atoms with Crippen LogP contribution in [-0.2, 0) is 9.59 Å². The van der Waals surface area contributed by atoms with Crippen LogP contribution in [0.5, 0.6) is 5.75 Å². The lowest BCUT2D eigenvalue weighted by molar-refractivity contribution is -0.149. The van der Waals surface area contributed by atoms with Gasteiger partial charge in [0.25, 0.3) is 0 Å². The quantitative estimate of drug-likeness (QED) is 0.838. The molecule has 1 amide bonds. The summed E-state index contributed by atoms with van der Waals surface area (Å²) in [5.41, 5.74) is -0.421. The molecule has 5 nitrogen and oxygen atoms in total. The van der Waals surface area contributed by atoms with Gasteiger partial charge in [-0.2, -0.15) is 0 Å². The van der Waals surface area contributed by atoms with Gasteiger partial charge in [0.1, 0.15) is 11.2 Å². The molecule has 3 rings (SSSR count). The van der Waals surface area contributed by atoms with Crippen LogP contribution in [0.4, 0.5) is 0 Å². The third-order valence-corrected chi connectivity index (χ3v) is 4.22. The minimum absolute atomic E-state index is 0.248. The first-order valence-electron chi connectivity index (χ1n) is 6.50. The Morgan fingerprint density at radius 3 is 2.80 bits per heavy atom. The molecule has 0 spiro atoms. The molecule has 1 aromatic rings. The maximum Gasteiger partial charge on any atom is 0.319 e. The molecule has 1 fully saturated rings. The number of aliphatic carboxylic acids is 1. The number of hydrogen-bond donors (Lipinski definition) is 2. The predicted octanol–water partition coefficient (Wildman–Crippen LogP) is 2.14. The molecule has 20 heavy (non-hydrogen) atoms. The van der Waals surface area contributed by atoms with Gasteiger partial charge in [0.05, 0.1) is 17.7 Å². The van der Waals surface area contributed by atoms with E-state index in [1.54, 1.807) is 12.1 Å². The Labute approximate surface area is 120 Å². The highest BCUT2D eigenvalue weighted by Gasteiger charge is 2.57. The molecule has 1 aromatic carbocycles. The van der Waals surface area contributed by atoms with Crippen LogP contribution in [0.15, 0.2) is 18.2 Å². The van der Waals surface area contributed by atoms with E-state index in [-0.39, 0.29) is 6.04 Å². The van der Waals surface area contributed by atoms with Gasteiger partial charge < -0.3 is 15.2 Å². The van der Waals surface area contributed by atoms with E-state index in [1.165, 1.54) is 0 Å². The molecule has 6 heteroatoms. The van der Waals surface area contributed by atoms with Crippen LogP contribution in [0.1, 0.15) is 30.9 Å². The van der Waals surface area contributed by atoms with Crippen molar-refractivity contribution in [3.05, 3.63) is 28.8 Å². The van der Waals surface area contributed by atoms with Crippen molar-refractivity contribution >= 4 is 23.5 Å². The number of nitrogens with one attached hydrogen (secondary N) is 1. The van der Waals surface area contributed by atoms with Crippen LogP contribution < -0.4 is 10.1 Å². The second-order valence-corrected chi connectivity index (χ2v) is 5.62. The Bertz CT molecular complexity index is 583. The SMILES string of the molecule is O=C(O)C1(C(=O)N[C@H]2CCOc3c(Cl)cccc32)CC1. The summed E-state index contributed by atoms with van der Waals surface area (Å²) in [6.45, 7) is 0.446. The van der Waals surface area contributed by atoms with Crippen molar-refractivity contribution in [3.63, 3.8) is 0 Å². The summed E-state index contributed by atoms with van der Waals surface area (Å²) in [4.78, 5) is 23.3. The van der Waals surface area contributed by atoms with E-state index in [2.05, 4.69) is 5.32 Å². The molecule has 0 unspecified atom stereocenters. The number of para-hydroxylation sites is 1. The van der Waals surface area contributed by atoms with Gasteiger partial charge >= 0.3 is 5.97 Å². The number of halogens is 1. The van der Waals surface area contributed by atoms with Gasteiger partial charge in [-0.1, -0.05) is 23.7 Å². The first-order valence-corrected chi connectivity index (χ1v) is 6.88. The summed E-state index contributed by atoms with van der Waals surface area (Å²) in [6.07, 6.45) is 1.41. The van der Waals surface area contributed by atoms with Crippen LogP contribution >= 0.6 is 11.6 Å². The van der Waals surface area contributed by atoms with E-state index in [9.17, 15) is 9.59 Å². The number of fused-ring (bicyclic) bond motifs is 1. The highest BCUT2D eigenvalue weighted by atomic mass is 35.5. The lowest BCUT2D eigenvalue weighted by Crippen LogP contribution is -2.40. The predicted molar refractivity (Wildman–Crippen MR) is 71.8 cm³/mol. The van der Waals surface area contributed by atoms with Gasteiger partial charge in [0.15, 0.2) is 0 Å². The van der Waals surface area contributed by atoms with Gasteiger partial charge in [0, 0.05) is 12.0 Å². The molecular weight excluding hydrogens is 282 g/mol. The monoisotopic (exact) mass is 295 g/mol. The maximum absolute atomic E-state index is 12.2. The van der Waals surface area contributed by atoms with E-state index < -0.39 is 17.3 Å². The fraction of sp³-hybridized carbons (Fsp3) is 0.429. The molecule has 106 valence electrons. The first kappa shape index (κ1) is 13.2. The third kappa shape index (κ3) is 2.02. The number of carbonyl (C=O) groups excluding carboxylic acids is 1. The Morgan fingerprint density at radius 1 is 1.40 bits per heavy atom. The van der Waals surface area contributed by atoms with E-state index in [1.807, 2.05) is 6.07 Å². The van der Waals surface area contributed by atoms with Crippen LogP contribution in [0, 0.1) is 5.41 Å². The average molecular weight is 296 g/mol. The van der Waals surface area contributed by atoms with Crippen molar-refractivity contribution in [1.29, 1.82) is 0 Å². The summed E-state index contributed by atoms with van der Waals surface area (Å²) in [6, 6.07) is 5.11. The minimum Gasteiger partial charge on any atom is -0.492 e. The van der Waals surface area contributed by atoms with Crippen LogP contribution in [0.2, 0.25) is 5.02 Å². The van der Waals surface area contributed by atoms with Crippen LogP contribution in [0.3, 0.4) is 0 Å². The van der Waals surface area contributed by atoms with Crippen LogP contribution in [0.25, 0.3) is 0 Å². The van der Waals surface area contributed by atoms with Gasteiger partial charge in [0.2, 0.25) is 5.91 Å². The zero-order valence-corrected chi connectivity index (χ0v) is 11.4. The molecule has 1 atom stereocenters. The fourth-order valence-corrected chi connectivity index (χ4v) is 2.73. The molecule has 1 aliphatic carbocycles. The molecule has 0 bridgehead atoms. The Balaban J connectivity index is 1.82. The third-order valence-electron chi connectivity index (χ3n) is 3.93. The highest BCUT2D eigenvalue weighted by molar-refractivity contribution is 6.32. The van der Waals surface area contributed by atoms with Gasteiger partial charge in [-0.05, 0) is 18.9 Å². The fourth-order valence-electron chi connectivity index (χ4n) is 2.50. The number of rotatable bonds is 3. The zero-order valence-electron chi connectivity index (χ0n) is 10.7. The highest BCUT2D eigenvalue weighted by Crippen LogP contribution is 2.47. The second-order valence-electron chi connectivity index (χ2n) is 5.21. The molecule has 1 heterocycles. The lowest BCUT2D eigenvalue weighted by Gasteiger charge is -2.28. The Kier molecular flexibility index (Phi) is 3.09. The minimum atomic E-state index is -1.23. The standard InChI is InChI=1S/C14H14ClNO4/c15-9-3-1-2-8-10(4-7-20-11(8)9)16-12(17)14(5-6-14)13(18)19/h1-3,10H,4-7H2,(H,16,17)(H,18,19)/t10-/m0/s1. The van der Waals surface area contributed by atoms with Crippen molar-refractivity contribution in [2.24, 2.45) is 5.41 Å². The zero-order chi connectivity index (χ0) is 14.3. The van der Waals surface area contributed by atoms with Crippen molar-refractivity contribution in [2.75, 3.05) is 6.61 Å². The largest absolute Gasteiger partial charge is 0.492 e. The smallest absolute Gasteiger partial charge is 0.319 e. The number of ether oxygens (including phenoxy) is 1. The normalized spacial score (nSPS) is 22.4. The number of carbonyl (C=O) groups is 2. The molecule has 0 saturated heterocycles. The van der Waals surface area contributed by atoms with E-state index >= 15 is 0 Å². The van der Waals surface area contributed by atoms with Gasteiger partial charge in [-0.15, -0.1) is 0 Å². The Hall–Kier alpha value is -1.75. The van der Waals surface area contributed by atoms with E-state index in [4.69, 9.17) is 21.4 Å². The topological polar surface area (TPSA) is 75.6 Å². The molecule has 1 saturated carbocycles. The molecule has 2 N–H and O–H groups in total. The molecule has 0 radical (unpaired) electrons. The number of benzene rings is 1. The number of hydrogen-bond acceptors (Lipinski definition) is 3. The molecular formula is C14H14ClNO4. The van der Waals surface area contributed by atoms with Crippen molar-refractivity contribution in [3.8, 4) is 5.75 Å². The molecule has 0 aromatic heterocycles. The van der Waals surface area contributed by atoms with Crippen molar-refractivity contribution < 1.29 is 19.4 Å². The van der Waals surface area contributed by atoms with Crippen molar-refractivity contribution in [1.82, 2.24) is 5.32 Å². The van der Waals surface area contributed by atoms with Crippen molar-refractivity contribution in [2.45, 2.75) is 25.3 Å². The molecule has 1 aliphatic heterocycles. The summed E-state index contributed by atoms with van der Waals surface area (Å²) in [5, 5.41) is 12.5. The maximum atomic E-state index is 12.2. The van der Waals surface area contributed by atoms with Gasteiger partial charge in [-0.25, -0.2) is 0 Å². The van der Waals surface area contributed by atoms with Crippen LogP contribution in [-0.4, -0.2) is 23.6 Å². The van der Waals surface area contributed by atoms with E-state index in [0.29, 0.717) is 36.6 Å². The number of carboxylic acid groups (broad SMARTS) is 1. The Morgan fingerprint density at radius 2 is 2.15 bits per heavy atom. The number of carboxylic acids is 1. The second kappa shape index (κ2) is 4.66. The summed E-state index contributed by atoms with van der Waals surface area (Å²) in [5.74, 6) is -0.887. The summed E-state index contributed by atoms with van der Waals surface area (Å²) < 4.78 is 5.52. The van der Waals surface area contributed by atoms with Gasteiger partial charge in [-0.3, -0.25) is 9.59 Å².